The van der Waals surface area contributed by atoms with Gasteiger partial charge in [-0.15, -0.1) is 0 Å². The first-order valence-corrected chi connectivity index (χ1v) is 10.2. The summed E-state index contributed by atoms with van der Waals surface area (Å²) in [4.78, 5) is 2.51. The molecule has 2 heteroatoms. The largest absolute Gasteiger partial charge is 0.316 e. The quantitative estimate of drug-likeness (QED) is 0.739. The average Bonchev–Trinajstić information content (AvgIpc) is 2.65. The maximum atomic E-state index is 6.56. The van der Waals surface area contributed by atoms with Gasteiger partial charge >= 0.3 is 0 Å². The van der Waals surface area contributed by atoms with Gasteiger partial charge in [0.1, 0.15) is 0 Å². The van der Waals surface area contributed by atoms with Crippen molar-refractivity contribution in [3.63, 3.8) is 0 Å². The van der Waals surface area contributed by atoms with Crippen molar-refractivity contribution in [3.8, 4) is 0 Å². The lowest BCUT2D eigenvalue weighted by Crippen LogP contribution is -2.49. The minimum atomic E-state index is 0.201. The molecular formula is C24H34N2. The number of piperidine rings is 1. The second-order valence-corrected chi connectivity index (χ2v) is 8.27. The number of benzene rings is 2. The van der Waals surface area contributed by atoms with Crippen LogP contribution in [0.2, 0.25) is 0 Å². The Morgan fingerprint density at radius 2 is 1.35 bits per heavy atom. The van der Waals surface area contributed by atoms with Crippen LogP contribution in [0.3, 0.4) is 0 Å². The molecule has 0 amide bonds. The van der Waals surface area contributed by atoms with Crippen LogP contribution >= 0.6 is 0 Å². The van der Waals surface area contributed by atoms with Gasteiger partial charge in [0.15, 0.2) is 0 Å². The number of hydrogen-bond donors (Lipinski definition) is 1. The fourth-order valence-electron chi connectivity index (χ4n) is 4.59. The van der Waals surface area contributed by atoms with Gasteiger partial charge in [0, 0.05) is 19.0 Å². The molecule has 0 aromatic heterocycles. The Hall–Kier alpha value is -1.64. The summed E-state index contributed by atoms with van der Waals surface area (Å²) in [6, 6.07) is 21.8. The summed E-state index contributed by atoms with van der Waals surface area (Å²) in [5.41, 5.74) is 9.38. The van der Waals surface area contributed by atoms with Gasteiger partial charge in [0.2, 0.25) is 0 Å². The Bertz CT molecular complexity index is 590. The number of likely N-dealkylation sites (tertiary alicyclic amines) is 1. The molecule has 1 aliphatic heterocycles. The fourth-order valence-corrected chi connectivity index (χ4v) is 4.59. The molecule has 0 saturated carbocycles. The van der Waals surface area contributed by atoms with Crippen LogP contribution in [0.4, 0.5) is 0 Å². The Kier molecular flexibility index (Phi) is 6.87. The van der Waals surface area contributed by atoms with Gasteiger partial charge < -0.3 is 5.73 Å². The molecule has 3 rings (SSSR count). The van der Waals surface area contributed by atoms with Gasteiger partial charge in [-0.1, -0.05) is 74.5 Å². The zero-order chi connectivity index (χ0) is 18.4. The summed E-state index contributed by atoms with van der Waals surface area (Å²) in [5.74, 6) is 2.00. The van der Waals surface area contributed by atoms with Crippen LogP contribution in [0, 0.1) is 11.8 Å². The highest BCUT2D eigenvalue weighted by Gasteiger charge is 2.25. The van der Waals surface area contributed by atoms with E-state index in [0.29, 0.717) is 5.92 Å². The minimum Gasteiger partial charge on any atom is -0.316 e. The number of rotatable bonds is 7. The molecule has 1 fully saturated rings. The predicted molar refractivity (Wildman–Crippen MR) is 111 cm³/mol. The normalized spacial score (nSPS) is 22.5. The first-order valence-electron chi connectivity index (χ1n) is 10.2. The van der Waals surface area contributed by atoms with E-state index in [4.69, 9.17) is 5.73 Å². The highest BCUT2D eigenvalue weighted by atomic mass is 15.2. The third-order valence-corrected chi connectivity index (χ3v) is 5.76. The van der Waals surface area contributed by atoms with Crippen LogP contribution in [0.15, 0.2) is 60.7 Å². The van der Waals surface area contributed by atoms with Crippen molar-refractivity contribution in [1.82, 2.24) is 4.90 Å². The molecule has 1 aliphatic rings. The van der Waals surface area contributed by atoms with Crippen molar-refractivity contribution < 1.29 is 0 Å². The maximum absolute atomic E-state index is 6.56. The molecule has 1 saturated heterocycles. The highest BCUT2D eigenvalue weighted by molar-refractivity contribution is 5.32. The minimum absolute atomic E-state index is 0.201. The Morgan fingerprint density at radius 1 is 0.846 bits per heavy atom. The summed E-state index contributed by atoms with van der Waals surface area (Å²) in [6.07, 6.45) is 4.94. The molecule has 2 nitrogen and oxygen atoms in total. The van der Waals surface area contributed by atoms with E-state index in [2.05, 4.69) is 79.4 Å². The van der Waals surface area contributed by atoms with E-state index in [0.717, 1.165) is 44.2 Å². The van der Waals surface area contributed by atoms with Crippen molar-refractivity contribution in [2.24, 2.45) is 17.6 Å². The molecule has 0 bridgehead atoms. The third-order valence-electron chi connectivity index (χ3n) is 5.76. The average molecular weight is 351 g/mol. The molecule has 0 spiro atoms. The third kappa shape index (κ3) is 5.18. The van der Waals surface area contributed by atoms with Crippen molar-refractivity contribution in [1.29, 1.82) is 0 Å². The highest BCUT2D eigenvalue weighted by Crippen LogP contribution is 2.30. The van der Waals surface area contributed by atoms with Gasteiger partial charge in [-0.2, -0.15) is 0 Å². The molecule has 3 atom stereocenters. The van der Waals surface area contributed by atoms with Gasteiger partial charge in [0.25, 0.3) is 0 Å². The zero-order valence-corrected chi connectivity index (χ0v) is 16.4. The van der Waals surface area contributed by atoms with Gasteiger partial charge in [-0.3, -0.25) is 4.90 Å². The van der Waals surface area contributed by atoms with Gasteiger partial charge in [-0.05, 0) is 48.6 Å². The van der Waals surface area contributed by atoms with E-state index in [1.165, 1.54) is 17.5 Å². The Morgan fingerprint density at radius 3 is 1.85 bits per heavy atom. The number of hydrogen-bond acceptors (Lipinski definition) is 2. The van der Waals surface area contributed by atoms with Crippen molar-refractivity contribution >= 4 is 0 Å². The smallest absolute Gasteiger partial charge is 0.0571 e. The molecule has 3 unspecified atom stereocenters. The molecule has 1 heterocycles. The summed E-state index contributed by atoms with van der Waals surface area (Å²) in [7, 11) is 0. The first-order chi connectivity index (χ1) is 12.6. The summed E-state index contributed by atoms with van der Waals surface area (Å²) >= 11 is 0. The molecule has 0 radical (unpaired) electrons. The van der Waals surface area contributed by atoms with Crippen LogP contribution in [0.5, 0.6) is 0 Å². The molecule has 2 aromatic rings. The van der Waals surface area contributed by atoms with Crippen LogP contribution in [-0.4, -0.2) is 24.2 Å². The van der Waals surface area contributed by atoms with Crippen LogP contribution < -0.4 is 5.73 Å². The molecule has 140 valence electrons. The van der Waals surface area contributed by atoms with Crippen molar-refractivity contribution in [3.05, 3.63) is 71.8 Å². The van der Waals surface area contributed by atoms with Crippen molar-refractivity contribution in [2.45, 2.75) is 51.6 Å². The topological polar surface area (TPSA) is 29.3 Å². The number of nitrogens with two attached hydrogens (primary N) is 1. The van der Waals surface area contributed by atoms with E-state index in [-0.39, 0.29) is 6.17 Å². The van der Waals surface area contributed by atoms with Gasteiger partial charge in [-0.25, -0.2) is 0 Å². The zero-order valence-electron chi connectivity index (χ0n) is 16.4. The lowest BCUT2D eigenvalue weighted by molar-refractivity contribution is 0.0919. The maximum Gasteiger partial charge on any atom is 0.0571 e. The van der Waals surface area contributed by atoms with Crippen LogP contribution in [0.1, 0.15) is 56.6 Å². The Balaban J connectivity index is 1.60. The molecule has 2 aromatic carbocycles. The number of nitrogens with zero attached hydrogens (tertiary/aromatic N) is 1. The van der Waals surface area contributed by atoms with Crippen LogP contribution in [0.25, 0.3) is 0 Å². The molecule has 0 aliphatic carbocycles. The van der Waals surface area contributed by atoms with E-state index >= 15 is 0 Å². The lowest BCUT2D eigenvalue weighted by Gasteiger charge is -2.38. The first kappa shape index (κ1) is 19.1. The predicted octanol–water partition coefficient (Wildman–Crippen LogP) is 5.25. The van der Waals surface area contributed by atoms with E-state index in [1.807, 2.05) is 0 Å². The second-order valence-electron chi connectivity index (χ2n) is 8.27. The summed E-state index contributed by atoms with van der Waals surface area (Å²) in [6.45, 7) is 7.03. The standard InChI is InChI=1S/C24H34N2/c1-19-16-20(2)18-26(17-19)24(25)15-9-14-23(21-10-5-3-6-11-21)22-12-7-4-8-13-22/h3-8,10-13,19-20,23-24H,9,14-18,25H2,1-2H3. The second kappa shape index (κ2) is 9.34. The lowest BCUT2D eigenvalue weighted by atomic mass is 9.86. The Labute approximate surface area is 159 Å². The summed E-state index contributed by atoms with van der Waals surface area (Å²) in [5, 5.41) is 0. The van der Waals surface area contributed by atoms with Crippen LogP contribution in [-0.2, 0) is 0 Å². The van der Waals surface area contributed by atoms with Crippen molar-refractivity contribution in [2.75, 3.05) is 13.1 Å². The van der Waals surface area contributed by atoms with E-state index < -0.39 is 0 Å². The van der Waals surface area contributed by atoms with Gasteiger partial charge in [0.05, 0.1) is 6.17 Å². The fraction of sp³-hybridized carbons (Fsp3) is 0.500. The monoisotopic (exact) mass is 350 g/mol. The summed E-state index contributed by atoms with van der Waals surface area (Å²) < 4.78 is 0. The molecular weight excluding hydrogens is 316 g/mol. The molecule has 2 N–H and O–H groups in total. The SMILES string of the molecule is CC1CC(C)CN(C(N)CCCC(c2ccccc2)c2ccccc2)C1. The molecule has 26 heavy (non-hydrogen) atoms. The van der Waals surface area contributed by atoms with E-state index in [9.17, 15) is 0 Å². The van der Waals surface area contributed by atoms with E-state index in [1.54, 1.807) is 0 Å².